The molecule has 0 aliphatic heterocycles. The first-order chi connectivity index (χ1) is 7.74. The van der Waals surface area contributed by atoms with Gasteiger partial charge >= 0.3 is 0 Å². The summed E-state index contributed by atoms with van der Waals surface area (Å²) in [4.78, 5) is 10.5. The Bertz CT molecular complexity index is 578. The lowest BCUT2D eigenvalue weighted by atomic mass is 10.1. The normalized spacial score (nSPS) is 9.69. The van der Waals surface area contributed by atoms with E-state index in [0.717, 1.165) is 0 Å². The average molecular weight is 213 g/mol. The second kappa shape index (κ2) is 3.91. The quantitative estimate of drug-likeness (QED) is 0.777. The summed E-state index contributed by atoms with van der Waals surface area (Å²) in [5, 5.41) is 18.3. The number of nitrogens with zero attached hydrogens (tertiary/aromatic N) is 1. The molecule has 0 fully saturated rings. The van der Waals surface area contributed by atoms with Crippen LogP contribution in [0.15, 0.2) is 34.7 Å². The van der Waals surface area contributed by atoms with Crippen LogP contribution in [0.1, 0.15) is 16.1 Å². The van der Waals surface area contributed by atoms with Gasteiger partial charge in [0.1, 0.15) is 11.5 Å². The highest BCUT2D eigenvalue weighted by molar-refractivity contribution is 5.74. The van der Waals surface area contributed by atoms with Crippen LogP contribution in [0.3, 0.4) is 0 Å². The number of phenolic OH excluding ortho intramolecular Hbond substituents is 1. The number of carbonyl (C=O) groups excluding carboxylic acids is 1. The van der Waals surface area contributed by atoms with Gasteiger partial charge in [-0.25, -0.2) is 0 Å². The molecule has 0 saturated carbocycles. The van der Waals surface area contributed by atoms with Gasteiger partial charge in [0.25, 0.3) is 0 Å². The number of rotatable bonds is 2. The maximum absolute atomic E-state index is 10.5. The third-order valence-corrected chi connectivity index (χ3v) is 2.13. The number of nitriles is 1. The third kappa shape index (κ3) is 1.66. The van der Waals surface area contributed by atoms with Crippen molar-refractivity contribution in [3.8, 4) is 23.1 Å². The van der Waals surface area contributed by atoms with Crippen molar-refractivity contribution in [2.45, 2.75) is 0 Å². The maximum Gasteiger partial charge on any atom is 0.185 e. The summed E-state index contributed by atoms with van der Waals surface area (Å²) in [5.41, 5.74) is 0.809. The van der Waals surface area contributed by atoms with E-state index in [1.165, 1.54) is 24.3 Å². The standard InChI is InChI=1S/C12H7NO3/c13-6-8-1-3-11(15)10(5-8)12-4-2-9(7-14)16-12/h1-5,7,15H. The van der Waals surface area contributed by atoms with Crippen LogP contribution >= 0.6 is 0 Å². The molecule has 1 N–H and O–H groups in total. The molecule has 0 radical (unpaired) electrons. The van der Waals surface area contributed by atoms with Crippen molar-refractivity contribution in [2.75, 3.05) is 0 Å². The molecular formula is C12H7NO3. The fourth-order valence-electron chi connectivity index (χ4n) is 1.36. The second-order valence-corrected chi connectivity index (χ2v) is 3.16. The zero-order valence-corrected chi connectivity index (χ0v) is 8.18. The molecule has 2 rings (SSSR count). The number of hydrogen-bond donors (Lipinski definition) is 1. The number of aromatic hydroxyl groups is 1. The van der Waals surface area contributed by atoms with Gasteiger partial charge in [0, 0.05) is 0 Å². The summed E-state index contributed by atoms with van der Waals surface area (Å²) in [6, 6.07) is 9.45. The van der Waals surface area contributed by atoms with Gasteiger partial charge in [-0.1, -0.05) is 0 Å². The van der Waals surface area contributed by atoms with Crippen LogP contribution < -0.4 is 0 Å². The number of furan rings is 1. The van der Waals surface area contributed by atoms with Crippen molar-refractivity contribution < 1.29 is 14.3 Å². The van der Waals surface area contributed by atoms with E-state index in [2.05, 4.69) is 0 Å². The minimum atomic E-state index is 0.00537. The fraction of sp³-hybridized carbons (Fsp3) is 0. The van der Waals surface area contributed by atoms with Gasteiger partial charge in [0.05, 0.1) is 17.2 Å². The van der Waals surface area contributed by atoms with Crippen LogP contribution in [0.25, 0.3) is 11.3 Å². The number of aldehydes is 1. The van der Waals surface area contributed by atoms with Crippen molar-refractivity contribution in [3.05, 3.63) is 41.7 Å². The van der Waals surface area contributed by atoms with E-state index in [1.54, 1.807) is 6.07 Å². The number of hydrogen-bond acceptors (Lipinski definition) is 4. The molecule has 0 aliphatic rings. The number of benzene rings is 1. The van der Waals surface area contributed by atoms with E-state index in [1.807, 2.05) is 6.07 Å². The van der Waals surface area contributed by atoms with Crippen molar-refractivity contribution in [2.24, 2.45) is 0 Å². The van der Waals surface area contributed by atoms with E-state index < -0.39 is 0 Å². The van der Waals surface area contributed by atoms with Gasteiger partial charge in [0.15, 0.2) is 12.0 Å². The summed E-state index contributed by atoms with van der Waals surface area (Å²) in [5.74, 6) is 0.541. The Morgan fingerprint density at radius 1 is 1.31 bits per heavy atom. The number of carbonyl (C=O) groups is 1. The third-order valence-electron chi connectivity index (χ3n) is 2.13. The Labute approximate surface area is 91.4 Å². The lowest BCUT2D eigenvalue weighted by Crippen LogP contribution is -1.79. The molecule has 0 saturated heterocycles. The SMILES string of the molecule is N#Cc1ccc(O)c(-c2ccc(C=O)o2)c1. The summed E-state index contributed by atoms with van der Waals surface area (Å²) in [7, 11) is 0. The van der Waals surface area contributed by atoms with Crippen molar-refractivity contribution >= 4 is 6.29 Å². The first kappa shape index (κ1) is 9.99. The molecule has 0 atom stereocenters. The van der Waals surface area contributed by atoms with Crippen LogP contribution in [0, 0.1) is 11.3 Å². The molecule has 0 aliphatic carbocycles. The van der Waals surface area contributed by atoms with Crippen LogP contribution in [0.5, 0.6) is 5.75 Å². The molecule has 1 aromatic carbocycles. The average Bonchev–Trinajstić information content (AvgIpc) is 2.78. The first-order valence-electron chi connectivity index (χ1n) is 4.53. The summed E-state index contributed by atoms with van der Waals surface area (Å²) in [6.45, 7) is 0. The topological polar surface area (TPSA) is 74.2 Å². The second-order valence-electron chi connectivity index (χ2n) is 3.16. The molecule has 1 heterocycles. The van der Waals surface area contributed by atoms with Gasteiger partial charge in [-0.05, 0) is 30.3 Å². The number of phenols is 1. The molecule has 1 aromatic heterocycles. The smallest absolute Gasteiger partial charge is 0.185 e. The zero-order chi connectivity index (χ0) is 11.5. The van der Waals surface area contributed by atoms with Gasteiger partial charge in [-0.15, -0.1) is 0 Å². The highest BCUT2D eigenvalue weighted by atomic mass is 16.3. The Hall–Kier alpha value is -2.54. The Balaban J connectivity index is 2.54. The van der Waals surface area contributed by atoms with E-state index >= 15 is 0 Å². The first-order valence-corrected chi connectivity index (χ1v) is 4.53. The van der Waals surface area contributed by atoms with E-state index in [9.17, 15) is 9.90 Å². The van der Waals surface area contributed by atoms with Crippen molar-refractivity contribution in [1.29, 1.82) is 5.26 Å². The van der Waals surface area contributed by atoms with Gasteiger partial charge in [0.2, 0.25) is 0 Å². The zero-order valence-electron chi connectivity index (χ0n) is 8.18. The van der Waals surface area contributed by atoms with E-state index in [-0.39, 0.29) is 11.5 Å². The largest absolute Gasteiger partial charge is 0.507 e. The molecule has 0 amide bonds. The molecule has 0 unspecified atom stereocenters. The Morgan fingerprint density at radius 3 is 2.75 bits per heavy atom. The highest BCUT2D eigenvalue weighted by Crippen LogP contribution is 2.30. The highest BCUT2D eigenvalue weighted by Gasteiger charge is 2.09. The molecule has 4 nitrogen and oxygen atoms in total. The van der Waals surface area contributed by atoms with Crippen LogP contribution in [0.2, 0.25) is 0 Å². The Kier molecular flexibility index (Phi) is 2.44. The molecular weight excluding hydrogens is 206 g/mol. The van der Waals surface area contributed by atoms with Crippen molar-refractivity contribution in [1.82, 2.24) is 0 Å². The molecule has 4 heteroatoms. The monoisotopic (exact) mass is 213 g/mol. The van der Waals surface area contributed by atoms with Gasteiger partial charge < -0.3 is 9.52 Å². The molecule has 0 spiro atoms. The predicted molar refractivity (Wildman–Crippen MR) is 55.9 cm³/mol. The van der Waals surface area contributed by atoms with Crippen LogP contribution in [-0.4, -0.2) is 11.4 Å². The summed E-state index contributed by atoms with van der Waals surface area (Å²) >= 11 is 0. The summed E-state index contributed by atoms with van der Waals surface area (Å²) in [6.07, 6.45) is 0.578. The van der Waals surface area contributed by atoms with Gasteiger partial charge in [-0.3, -0.25) is 4.79 Å². The molecule has 16 heavy (non-hydrogen) atoms. The molecule has 0 bridgehead atoms. The van der Waals surface area contributed by atoms with E-state index in [0.29, 0.717) is 23.2 Å². The lowest BCUT2D eigenvalue weighted by molar-refractivity contribution is 0.110. The van der Waals surface area contributed by atoms with Crippen LogP contribution in [0.4, 0.5) is 0 Å². The minimum Gasteiger partial charge on any atom is -0.507 e. The lowest BCUT2D eigenvalue weighted by Gasteiger charge is -2.00. The predicted octanol–water partition coefficient (Wildman–Crippen LogP) is 2.34. The van der Waals surface area contributed by atoms with Crippen molar-refractivity contribution in [3.63, 3.8) is 0 Å². The fourth-order valence-corrected chi connectivity index (χ4v) is 1.36. The van der Waals surface area contributed by atoms with Crippen LogP contribution in [-0.2, 0) is 0 Å². The van der Waals surface area contributed by atoms with Gasteiger partial charge in [-0.2, -0.15) is 5.26 Å². The molecule has 78 valence electrons. The Morgan fingerprint density at radius 2 is 2.12 bits per heavy atom. The minimum absolute atomic E-state index is 0.00537. The maximum atomic E-state index is 10.5. The summed E-state index contributed by atoms with van der Waals surface area (Å²) < 4.78 is 5.16. The van der Waals surface area contributed by atoms with E-state index in [4.69, 9.17) is 9.68 Å². The molecule has 2 aromatic rings.